The van der Waals surface area contributed by atoms with Gasteiger partial charge in [-0.3, -0.25) is 9.89 Å². The molecule has 0 bridgehead atoms. The fourth-order valence-corrected chi connectivity index (χ4v) is 3.38. The second kappa shape index (κ2) is 5.60. The van der Waals surface area contributed by atoms with E-state index in [-0.39, 0.29) is 5.56 Å². The third-order valence-electron chi connectivity index (χ3n) is 4.32. The molecule has 1 aliphatic carbocycles. The first-order valence-electron chi connectivity index (χ1n) is 7.38. The zero-order chi connectivity index (χ0) is 14.1. The molecule has 1 fully saturated rings. The summed E-state index contributed by atoms with van der Waals surface area (Å²) in [5, 5.41) is 3.26. The van der Waals surface area contributed by atoms with Gasteiger partial charge in [-0.1, -0.05) is 19.3 Å². The summed E-state index contributed by atoms with van der Waals surface area (Å²) in [6.45, 7) is 1.89. The molecule has 1 aliphatic rings. The Morgan fingerprint density at radius 2 is 2.15 bits per heavy atom. The van der Waals surface area contributed by atoms with Gasteiger partial charge in [0.2, 0.25) is 0 Å². The van der Waals surface area contributed by atoms with E-state index in [1.165, 1.54) is 32.1 Å². The first kappa shape index (κ1) is 13.7. The van der Waals surface area contributed by atoms with E-state index in [0.29, 0.717) is 18.2 Å². The van der Waals surface area contributed by atoms with Gasteiger partial charge in [-0.2, -0.15) is 0 Å². The third-order valence-corrected chi connectivity index (χ3v) is 4.51. The molecular weight excluding hydrogens is 274 g/mol. The lowest BCUT2D eigenvalue weighted by atomic mass is 9.87. The number of halogens is 1. The van der Waals surface area contributed by atoms with Gasteiger partial charge < -0.3 is 0 Å². The number of nitrogens with one attached hydrogen (secondary N) is 1. The fourth-order valence-electron chi connectivity index (χ4n) is 3.19. The minimum absolute atomic E-state index is 0.00444. The van der Waals surface area contributed by atoms with Crippen LogP contribution >= 0.6 is 11.6 Å². The van der Waals surface area contributed by atoms with Crippen molar-refractivity contribution in [1.82, 2.24) is 14.6 Å². The number of alkyl halides is 1. The van der Waals surface area contributed by atoms with E-state index in [1.807, 2.05) is 13.0 Å². The van der Waals surface area contributed by atoms with Crippen molar-refractivity contribution in [2.45, 2.75) is 51.4 Å². The van der Waals surface area contributed by atoms with Crippen LogP contribution in [0.3, 0.4) is 0 Å². The van der Waals surface area contributed by atoms with E-state index in [4.69, 9.17) is 11.6 Å². The molecule has 5 heteroatoms. The number of H-pyrrole nitrogens is 1. The zero-order valence-electron chi connectivity index (χ0n) is 11.8. The highest BCUT2D eigenvalue weighted by Gasteiger charge is 2.19. The minimum atomic E-state index is -0.00444. The lowest BCUT2D eigenvalue weighted by molar-refractivity contribution is 0.435. The topological polar surface area (TPSA) is 50.2 Å². The lowest BCUT2D eigenvalue weighted by Gasteiger charge is -2.19. The maximum absolute atomic E-state index is 12.5. The summed E-state index contributed by atoms with van der Waals surface area (Å²) in [4.78, 5) is 17.0. The van der Waals surface area contributed by atoms with Gasteiger partial charge in [0.25, 0.3) is 5.56 Å². The molecule has 108 valence electrons. The number of aromatic nitrogens is 3. The highest BCUT2D eigenvalue weighted by atomic mass is 35.5. The summed E-state index contributed by atoms with van der Waals surface area (Å²) in [7, 11) is 0. The van der Waals surface area contributed by atoms with Crippen LogP contribution < -0.4 is 5.56 Å². The Kier molecular flexibility index (Phi) is 3.83. The SMILES string of the molecule is Cc1nc2cc(C3CCCCC3)[nH]n2c(=O)c1CCCl. The summed E-state index contributed by atoms with van der Waals surface area (Å²) < 4.78 is 1.58. The van der Waals surface area contributed by atoms with Gasteiger partial charge in [-0.05, 0) is 26.2 Å². The highest BCUT2D eigenvalue weighted by Crippen LogP contribution is 2.31. The third kappa shape index (κ3) is 2.37. The number of aromatic amines is 1. The number of hydrogen-bond donors (Lipinski definition) is 1. The zero-order valence-corrected chi connectivity index (χ0v) is 12.5. The normalized spacial score (nSPS) is 16.9. The van der Waals surface area contributed by atoms with Crippen molar-refractivity contribution in [3.05, 3.63) is 33.4 Å². The van der Waals surface area contributed by atoms with Crippen LogP contribution in [0.15, 0.2) is 10.9 Å². The van der Waals surface area contributed by atoms with E-state index in [9.17, 15) is 4.79 Å². The fraction of sp³-hybridized carbons (Fsp3) is 0.600. The van der Waals surface area contributed by atoms with Gasteiger partial charge in [-0.25, -0.2) is 9.50 Å². The van der Waals surface area contributed by atoms with Crippen molar-refractivity contribution < 1.29 is 0 Å². The van der Waals surface area contributed by atoms with Gasteiger partial charge in [0.15, 0.2) is 5.65 Å². The van der Waals surface area contributed by atoms with Crippen molar-refractivity contribution in [3.63, 3.8) is 0 Å². The van der Waals surface area contributed by atoms with Gasteiger partial charge in [-0.15, -0.1) is 11.6 Å². The number of nitrogens with zero attached hydrogens (tertiary/aromatic N) is 2. The van der Waals surface area contributed by atoms with Crippen LogP contribution in [0.4, 0.5) is 0 Å². The van der Waals surface area contributed by atoms with Crippen molar-refractivity contribution in [2.24, 2.45) is 0 Å². The summed E-state index contributed by atoms with van der Waals surface area (Å²) >= 11 is 5.77. The molecule has 4 nitrogen and oxygen atoms in total. The summed E-state index contributed by atoms with van der Waals surface area (Å²) in [6, 6.07) is 2.04. The molecule has 0 aliphatic heterocycles. The van der Waals surface area contributed by atoms with Crippen molar-refractivity contribution >= 4 is 17.2 Å². The number of rotatable bonds is 3. The van der Waals surface area contributed by atoms with Crippen LogP contribution in [0.25, 0.3) is 5.65 Å². The Morgan fingerprint density at radius 3 is 2.85 bits per heavy atom. The molecule has 3 rings (SSSR count). The van der Waals surface area contributed by atoms with E-state index in [0.717, 1.165) is 22.6 Å². The Hall–Kier alpha value is -1.29. The van der Waals surface area contributed by atoms with Crippen LogP contribution in [-0.4, -0.2) is 20.5 Å². The Labute approximate surface area is 123 Å². The molecule has 0 saturated heterocycles. The molecule has 0 aromatic carbocycles. The molecule has 0 atom stereocenters. The standard InChI is InChI=1S/C15H20ClN3O/c1-10-12(7-8-16)15(20)19-14(17-10)9-13(18-19)11-5-3-2-4-6-11/h9,11,18H,2-8H2,1H3. The summed E-state index contributed by atoms with van der Waals surface area (Å²) in [5.74, 6) is 0.988. The van der Waals surface area contributed by atoms with Crippen molar-refractivity contribution in [2.75, 3.05) is 5.88 Å². The molecule has 20 heavy (non-hydrogen) atoms. The first-order chi connectivity index (χ1) is 9.70. The molecule has 2 aromatic rings. The predicted molar refractivity (Wildman–Crippen MR) is 80.8 cm³/mol. The van der Waals surface area contributed by atoms with Gasteiger partial charge >= 0.3 is 0 Å². The Morgan fingerprint density at radius 1 is 1.40 bits per heavy atom. The van der Waals surface area contributed by atoms with E-state index in [2.05, 4.69) is 10.1 Å². The molecular formula is C15H20ClN3O. The van der Waals surface area contributed by atoms with Gasteiger partial charge in [0.05, 0.1) is 0 Å². The maximum Gasteiger partial charge on any atom is 0.276 e. The summed E-state index contributed by atoms with van der Waals surface area (Å²) in [6.07, 6.45) is 6.86. The lowest BCUT2D eigenvalue weighted by Crippen LogP contribution is -2.22. The minimum Gasteiger partial charge on any atom is -0.293 e. The number of hydrogen-bond acceptors (Lipinski definition) is 2. The molecule has 0 spiro atoms. The largest absolute Gasteiger partial charge is 0.293 e. The molecule has 0 radical (unpaired) electrons. The average molecular weight is 294 g/mol. The van der Waals surface area contributed by atoms with E-state index >= 15 is 0 Å². The van der Waals surface area contributed by atoms with Crippen LogP contribution in [0, 0.1) is 6.92 Å². The van der Waals surface area contributed by atoms with Crippen LogP contribution in [0.5, 0.6) is 0 Å². The van der Waals surface area contributed by atoms with Crippen LogP contribution in [0.1, 0.15) is 55.0 Å². The molecule has 0 unspecified atom stereocenters. The van der Waals surface area contributed by atoms with Crippen molar-refractivity contribution in [1.29, 1.82) is 0 Å². The molecule has 0 amide bonds. The smallest absolute Gasteiger partial charge is 0.276 e. The van der Waals surface area contributed by atoms with E-state index < -0.39 is 0 Å². The Bertz CT molecular complexity index is 668. The summed E-state index contributed by atoms with van der Waals surface area (Å²) in [5.41, 5.74) is 3.39. The molecule has 2 heterocycles. The second-order valence-electron chi connectivity index (χ2n) is 5.66. The van der Waals surface area contributed by atoms with Gasteiger partial charge in [0, 0.05) is 34.8 Å². The van der Waals surface area contributed by atoms with Crippen LogP contribution in [-0.2, 0) is 6.42 Å². The number of fused-ring (bicyclic) bond motifs is 1. The Balaban J connectivity index is 2.06. The quantitative estimate of drug-likeness (QED) is 0.884. The maximum atomic E-state index is 12.5. The average Bonchev–Trinajstić information content (AvgIpc) is 2.88. The second-order valence-corrected chi connectivity index (χ2v) is 6.04. The monoisotopic (exact) mass is 293 g/mol. The van der Waals surface area contributed by atoms with Crippen LogP contribution in [0.2, 0.25) is 0 Å². The van der Waals surface area contributed by atoms with Crippen molar-refractivity contribution in [3.8, 4) is 0 Å². The van der Waals surface area contributed by atoms with E-state index in [1.54, 1.807) is 4.52 Å². The molecule has 2 aromatic heterocycles. The molecule has 1 N–H and O–H groups in total. The molecule has 1 saturated carbocycles. The predicted octanol–water partition coefficient (Wildman–Crippen LogP) is 3.16. The highest BCUT2D eigenvalue weighted by molar-refractivity contribution is 6.18. The first-order valence-corrected chi connectivity index (χ1v) is 7.91. The van der Waals surface area contributed by atoms with Gasteiger partial charge in [0.1, 0.15) is 0 Å². The number of aryl methyl sites for hydroxylation is 1.